The van der Waals surface area contributed by atoms with E-state index in [4.69, 9.17) is 9.47 Å². The maximum atomic E-state index is 13.5. The summed E-state index contributed by atoms with van der Waals surface area (Å²) in [4.78, 5) is 12.1. The van der Waals surface area contributed by atoms with Gasteiger partial charge in [0, 0.05) is 12.7 Å². The van der Waals surface area contributed by atoms with Gasteiger partial charge >= 0.3 is 0 Å². The number of nitrogens with one attached hydrogen (secondary N) is 1. The fraction of sp³-hybridized carbons (Fsp3) is 0.292. The Labute approximate surface area is 214 Å². The van der Waals surface area contributed by atoms with E-state index in [1.807, 2.05) is 6.07 Å². The number of anilines is 1. The van der Waals surface area contributed by atoms with Crippen LogP contribution in [0.5, 0.6) is 5.88 Å². The van der Waals surface area contributed by atoms with Gasteiger partial charge in [0.2, 0.25) is 21.9 Å². The van der Waals surface area contributed by atoms with Crippen molar-refractivity contribution in [1.29, 1.82) is 0 Å². The third-order valence-corrected chi connectivity index (χ3v) is 6.82. The highest BCUT2D eigenvalue weighted by molar-refractivity contribution is 7.93. The summed E-state index contributed by atoms with van der Waals surface area (Å²) in [6, 6.07) is 14.1. The van der Waals surface area contributed by atoms with Gasteiger partial charge in [-0.15, -0.1) is 10.2 Å². The van der Waals surface area contributed by atoms with Gasteiger partial charge in [0.15, 0.2) is 11.7 Å². The first kappa shape index (κ1) is 27.6. The highest BCUT2D eigenvalue weighted by atomic mass is 32.2. The number of para-hydroxylation sites is 1. The monoisotopic (exact) mass is 529 g/mol. The average Bonchev–Trinajstić information content (AvgIpc) is 3.31. The molecule has 0 bridgehead atoms. The lowest BCUT2D eigenvalue weighted by Crippen LogP contribution is -2.42. The van der Waals surface area contributed by atoms with E-state index in [0.717, 1.165) is 6.20 Å². The van der Waals surface area contributed by atoms with Gasteiger partial charge in [-0.2, -0.15) is 0 Å². The molecule has 2 heterocycles. The highest BCUT2D eigenvalue weighted by Gasteiger charge is 2.35. The number of aliphatic imine (C=N–C) groups is 2. The predicted octanol–water partition coefficient (Wildman–Crippen LogP) is 3.80. The van der Waals surface area contributed by atoms with Gasteiger partial charge in [0.1, 0.15) is 22.9 Å². The van der Waals surface area contributed by atoms with Gasteiger partial charge in [0.05, 0.1) is 19.0 Å². The van der Waals surface area contributed by atoms with Crippen LogP contribution >= 0.6 is 0 Å². The Bertz CT molecular complexity index is 1390. The minimum Gasteiger partial charge on any atom is -0.481 e. The van der Waals surface area contributed by atoms with Gasteiger partial charge in [-0.25, -0.2) is 27.8 Å². The molecule has 1 N–H and O–H groups in total. The van der Waals surface area contributed by atoms with Crippen molar-refractivity contribution in [2.75, 3.05) is 18.4 Å². The Morgan fingerprint density at radius 2 is 1.95 bits per heavy atom. The van der Waals surface area contributed by atoms with Crippen molar-refractivity contribution in [1.82, 2.24) is 19.7 Å². The summed E-state index contributed by atoms with van der Waals surface area (Å²) >= 11 is 0. The maximum absolute atomic E-state index is 13.5. The lowest BCUT2D eigenvalue weighted by Gasteiger charge is -2.23. The number of halogens is 1. The summed E-state index contributed by atoms with van der Waals surface area (Å²) in [7, 11) is -2.68. The molecule has 1 aromatic carbocycles. The average molecular weight is 530 g/mol. The van der Waals surface area contributed by atoms with E-state index in [1.165, 1.54) is 25.5 Å². The fourth-order valence-electron chi connectivity index (χ4n) is 3.33. The number of rotatable bonds is 11. The Balaban J connectivity index is 2.06. The number of nitrogens with zero attached hydrogens (tertiary/aromatic N) is 6. The summed E-state index contributed by atoms with van der Waals surface area (Å²) in [6.45, 7) is 7.89. The largest absolute Gasteiger partial charge is 0.481 e. The lowest BCUT2D eigenvalue weighted by molar-refractivity contribution is 0.108. The minimum absolute atomic E-state index is 0.0718. The summed E-state index contributed by atoms with van der Waals surface area (Å²) in [5, 5.41) is 7.08. The van der Waals surface area contributed by atoms with Crippen LogP contribution in [0.25, 0.3) is 17.2 Å². The minimum atomic E-state index is -4.17. The SMILES string of the molecule is C=N/C(=N\C=C(/C)F)[C@@H](OCC)[C@H](C)S(=O)(=O)Nc1nnc(-c2cccc(OC)n2)n1-c1ccccc1. The first-order chi connectivity index (χ1) is 17.7. The molecule has 196 valence electrons. The van der Waals surface area contributed by atoms with E-state index >= 15 is 0 Å². The summed E-state index contributed by atoms with van der Waals surface area (Å²) < 4.78 is 55.1. The van der Waals surface area contributed by atoms with Crippen LogP contribution in [0.1, 0.15) is 20.8 Å². The highest BCUT2D eigenvalue weighted by Crippen LogP contribution is 2.27. The first-order valence-corrected chi connectivity index (χ1v) is 12.8. The molecule has 37 heavy (non-hydrogen) atoms. The number of amidine groups is 1. The van der Waals surface area contributed by atoms with Crippen LogP contribution in [0.4, 0.5) is 10.3 Å². The van der Waals surface area contributed by atoms with Crippen LogP contribution in [0, 0.1) is 0 Å². The van der Waals surface area contributed by atoms with Crippen molar-refractivity contribution in [3.8, 4) is 23.1 Å². The Morgan fingerprint density at radius 1 is 1.22 bits per heavy atom. The number of hydrogen-bond acceptors (Lipinski definition) is 8. The molecule has 0 aliphatic heterocycles. The third kappa shape index (κ3) is 6.62. The zero-order valence-electron chi connectivity index (χ0n) is 20.9. The molecular formula is C24H28FN7O4S. The van der Waals surface area contributed by atoms with Crippen LogP contribution in [0.15, 0.2) is 70.5 Å². The molecule has 0 saturated heterocycles. The number of aromatic nitrogens is 4. The van der Waals surface area contributed by atoms with Crippen LogP contribution in [-0.2, 0) is 14.8 Å². The first-order valence-electron chi connectivity index (χ1n) is 11.2. The second-order valence-electron chi connectivity index (χ2n) is 7.67. The van der Waals surface area contributed by atoms with Crippen molar-refractivity contribution >= 4 is 28.5 Å². The molecule has 0 aliphatic rings. The second-order valence-corrected chi connectivity index (χ2v) is 9.71. The van der Waals surface area contributed by atoms with E-state index < -0.39 is 27.2 Å². The zero-order chi connectivity index (χ0) is 27.0. The number of benzene rings is 1. The molecule has 0 unspecified atom stereocenters. The Hall–Kier alpha value is -3.97. The molecule has 0 fully saturated rings. The Kier molecular flexibility index (Phi) is 9.20. The molecule has 0 saturated carbocycles. The maximum Gasteiger partial charge on any atom is 0.243 e. The molecule has 0 aliphatic carbocycles. The second kappa shape index (κ2) is 12.3. The third-order valence-electron chi connectivity index (χ3n) is 5.13. The normalized spacial score (nSPS) is 14.2. The molecule has 0 amide bonds. The van der Waals surface area contributed by atoms with E-state index in [9.17, 15) is 12.8 Å². The quantitative estimate of drug-likeness (QED) is 0.295. The van der Waals surface area contributed by atoms with E-state index in [2.05, 4.69) is 36.6 Å². The summed E-state index contributed by atoms with van der Waals surface area (Å²) in [5.41, 5.74) is 1.01. The van der Waals surface area contributed by atoms with Crippen LogP contribution < -0.4 is 9.46 Å². The number of methoxy groups -OCH3 is 1. The number of sulfonamides is 1. The van der Waals surface area contributed by atoms with Gasteiger partial charge in [0.25, 0.3) is 0 Å². The predicted molar refractivity (Wildman–Crippen MR) is 140 cm³/mol. The van der Waals surface area contributed by atoms with Crippen molar-refractivity contribution in [3.05, 3.63) is 60.6 Å². The van der Waals surface area contributed by atoms with Gasteiger partial charge in [-0.05, 0) is 45.7 Å². The zero-order valence-corrected chi connectivity index (χ0v) is 21.7. The summed E-state index contributed by atoms with van der Waals surface area (Å²) in [5.74, 6) is -0.0910. The molecule has 13 heteroatoms. The molecule has 2 atom stereocenters. The van der Waals surface area contributed by atoms with E-state index in [0.29, 0.717) is 17.3 Å². The Morgan fingerprint density at radius 3 is 2.57 bits per heavy atom. The molecule has 3 aromatic rings. The van der Waals surface area contributed by atoms with Crippen molar-refractivity contribution in [3.63, 3.8) is 0 Å². The fourth-order valence-corrected chi connectivity index (χ4v) is 4.43. The van der Waals surface area contributed by atoms with Crippen LogP contribution in [0.2, 0.25) is 0 Å². The number of hydrogen-bond donors (Lipinski definition) is 1. The van der Waals surface area contributed by atoms with E-state index in [-0.39, 0.29) is 24.2 Å². The molecule has 0 spiro atoms. The van der Waals surface area contributed by atoms with Crippen molar-refractivity contribution < 1.29 is 22.3 Å². The van der Waals surface area contributed by atoms with Gasteiger partial charge in [-0.3, -0.25) is 9.29 Å². The lowest BCUT2D eigenvalue weighted by atomic mass is 10.2. The number of allylic oxidation sites excluding steroid dienone is 1. The standard InChI is InChI=1S/C24H28FN7O4S/c1-6-36-21(22(26-4)27-15-16(2)25)17(3)37(33,34)31-24-30-29-23(19-13-10-14-20(28-19)35-5)32(24)18-11-8-7-9-12-18/h7-15,17,21H,4,6H2,1-3,5H3,(H,30,31)/b16-15+,27-22-/t17-,21-/m0/s1. The van der Waals surface area contributed by atoms with Crippen molar-refractivity contribution in [2.45, 2.75) is 32.1 Å². The molecule has 3 rings (SSSR count). The molecule has 11 nitrogen and oxygen atoms in total. The van der Waals surface area contributed by atoms with Crippen LogP contribution in [-0.4, -0.2) is 65.8 Å². The van der Waals surface area contributed by atoms with Crippen LogP contribution in [0.3, 0.4) is 0 Å². The van der Waals surface area contributed by atoms with Gasteiger partial charge in [-0.1, -0.05) is 24.3 Å². The molecule has 2 aromatic heterocycles. The topological polar surface area (TPSA) is 133 Å². The van der Waals surface area contributed by atoms with Crippen molar-refractivity contribution in [2.24, 2.45) is 9.98 Å². The molecular weight excluding hydrogens is 501 g/mol. The number of ether oxygens (including phenoxy) is 2. The molecule has 0 radical (unpaired) electrons. The van der Waals surface area contributed by atoms with Gasteiger partial charge < -0.3 is 9.47 Å². The smallest absolute Gasteiger partial charge is 0.243 e. The number of pyridine rings is 1. The summed E-state index contributed by atoms with van der Waals surface area (Å²) in [6.07, 6.45) is -0.217. The van der Waals surface area contributed by atoms with E-state index in [1.54, 1.807) is 49.4 Å².